The lowest BCUT2D eigenvalue weighted by Crippen LogP contribution is -2.46. The minimum atomic E-state index is 0.353. The molecule has 2 rings (SSSR count). The molecule has 0 saturated carbocycles. The fraction of sp³-hybridized carbons (Fsp3) is 0.500. The van der Waals surface area contributed by atoms with Crippen LogP contribution in [-0.2, 0) is 0 Å². The van der Waals surface area contributed by atoms with Crippen molar-refractivity contribution in [2.75, 3.05) is 20.3 Å². The minimum absolute atomic E-state index is 0.353. The highest BCUT2D eigenvalue weighted by Crippen LogP contribution is 2.26. The minimum Gasteiger partial charge on any atom is -0.493 e. The van der Waals surface area contributed by atoms with Gasteiger partial charge in [0.05, 0.1) is 13.3 Å². The molecule has 0 bridgehead atoms. The molecule has 2 heterocycles. The van der Waals surface area contributed by atoms with E-state index in [0.717, 1.165) is 13.0 Å². The summed E-state index contributed by atoms with van der Waals surface area (Å²) in [5.74, 6) is 1.22. The fourth-order valence-electron chi connectivity index (χ4n) is 1.32. The van der Waals surface area contributed by atoms with Gasteiger partial charge in [0.15, 0.2) is 10.9 Å². The zero-order valence-corrected chi connectivity index (χ0v) is 9.25. The summed E-state index contributed by atoms with van der Waals surface area (Å²) >= 11 is 5.79. The van der Waals surface area contributed by atoms with Gasteiger partial charge >= 0.3 is 0 Å². The maximum Gasteiger partial charge on any atom is 0.171 e. The number of hydrogen-bond acceptors (Lipinski definition) is 4. The van der Waals surface area contributed by atoms with Gasteiger partial charge < -0.3 is 14.8 Å². The molecule has 1 aromatic rings. The lowest BCUT2D eigenvalue weighted by Gasteiger charge is -2.27. The van der Waals surface area contributed by atoms with Gasteiger partial charge in [-0.05, 0) is 13.0 Å². The van der Waals surface area contributed by atoms with Gasteiger partial charge in [-0.25, -0.2) is 4.98 Å². The first-order valence-corrected chi connectivity index (χ1v) is 5.23. The monoisotopic (exact) mass is 228 g/mol. The van der Waals surface area contributed by atoms with E-state index < -0.39 is 0 Å². The van der Waals surface area contributed by atoms with E-state index in [1.54, 1.807) is 19.4 Å². The van der Waals surface area contributed by atoms with Crippen LogP contribution in [0.1, 0.15) is 6.42 Å². The Hall–Kier alpha value is -1.00. The molecule has 1 fully saturated rings. The van der Waals surface area contributed by atoms with Crippen LogP contribution in [0.4, 0.5) is 0 Å². The average molecular weight is 229 g/mol. The van der Waals surface area contributed by atoms with Crippen LogP contribution >= 0.6 is 11.6 Å². The van der Waals surface area contributed by atoms with Crippen molar-refractivity contribution in [1.82, 2.24) is 10.3 Å². The van der Waals surface area contributed by atoms with Crippen molar-refractivity contribution < 1.29 is 9.47 Å². The second kappa shape index (κ2) is 4.68. The van der Waals surface area contributed by atoms with Gasteiger partial charge in [0, 0.05) is 12.1 Å². The Morgan fingerprint density at radius 3 is 3.07 bits per heavy atom. The van der Waals surface area contributed by atoms with Crippen molar-refractivity contribution in [3.8, 4) is 11.5 Å². The second-order valence-corrected chi connectivity index (χ2v) is 3.77. The summed E-state index contributed by atoms with van der Waals surface area (Å²) < 4.78 is 10.6. The quantitative estimate of drug-likeness (QED) is 0.793. The zero-order chi connectivity index (χ0) is 10.7. The smallest absolute Gasteiger partial charge is 0.171 e. The third-order valence-corrected chi connectivity index (χ3v) is 2.66. The van der Waals surface area contributed by atoms with E-state index in [4.69, 9.17) is 21.1 Å². The predicted octanol–water partition coefficient (Wildman–Crippen LogP) is 1.48. The number of nitrogens with one attached hydrogen (secondary N) is 1. The van der Waals surface area contributed by atoms with Gasteiger partial charge in [0.1, 0.15) is 12.4 Å². The summed E-state index contributed by atoms with van der Waals surface area (Å²) in [6.45, 7) is 1.74. The Balaban J connectivity index is 1.95. The van der Waals surface area contributed by atoms with E-state index >= 15 is 0 Å². The average Bonchev–Trinajstić information content (AvgIpc) is 2.18. The number of methoxy groups -OCH3 is 1. The summed E-state index contributed by atoms with van der Waals surface area (Å²) in [5, 5.41) is 3.61. The molecule has 1 aliphatic rings. The van der Waals surface area contributed by atoms with Crippen molar-refractivity contribution in [3.05, 3.63) is 17.4 Å². The number of hydrogen-bond donors (Lipinski definition) is 1. The lowest BCUT2D eigenvalue weighted by atomic mass is 10.1. The summed E-state index contributed by atoms with van der Waals surface area (Å²) in [4.78, 5) is 3.97. The molecule has 1 saturated heterocycles. The van der Waals surface area contributed by atoms with Crippen molar-refractivity contribution in [1.29, 1.82) is 0 Å². The van der Waals surface area contributed by atoms with Crippen LogP contribution in [-0.4, -0.2) is 31.3 Å². The van der Waals surface area contributed by atoms with Gasteiger partial charge in [-0.1, -0.05) is 11.6 Å². The molecule has 1 aromatic heterocycles. The van der Waals surface area contributed by atoms with Gasteiger partial charge in [0.2, 0.25) is 0 Å². The molecule has 0 spiro atoms. The van der Waals surface area contributed by atoms with Gasteiger partial charge in [-0.3, -0.25) is 0 Å². The first kappa shape index (κ1) is 10.5. The maximum absolute atomic E-state index is 5.79. The summed E-state index contributed by atoms with van der Waals surface area (Å²) in [6.07, 6.45) is 2.77. The van der Waals surface area contributed by atoms with Crippen LogP contribution in [0.25, 0.3) is 0 Å². The molecular formula is C10H13ClN2O2. The molecule has 0 unspecified atom stereocenters. The fourth-order valence-corrected chi connectivity index (χ4v) is 1.50. The topological polar surface area (TPSA) is 43.4 Å². The van der Waals surface area contributed by atoms with Crippen molar-refractivity contribution in [3.63, 3.8) is 0 Å². The Bertz CT molecular complexity index is 342. The molecule has 0 aromatic carbocycles. The van der Waals surface area contributed by atoms with E-state index in [2.05, 4.69) is 10.3 Å². The Morgan fingerprint density at radius 1 is 1.67 bits per heavy atom. The largest absolute Gasteiger partial charge is 0.493 e. The third-order valence-electron chi connectivity index (χ3n) is 2.38. The number of halogens is 1. The van der Waals surface area contributed by atoms with Crippen molar-refractivity contribution in [2.24, 2.45) is 0 Å². The highest BCUT2D eigenvalue weighted by molar-refractivity contribution is 6.30. The molecule has 4 nitrogen and oxygen atoms in total. The van der Waals surface area contributed by atoms with Gasteiger partial charge in [0.25, 0.3) is 0 Å². The van der Waals surface area contributed by atoms with E-state index in [9.17, 15) is 0 Å². The van der Waals surface area contributed by atoms with E-state index in [1.165, 1.54) is 0 Å². The van der Waals surface area contributed by atoms with Crippen LogP contribution in [0.5, 0.6) is 11.5 Å². The van der Waals surface area contributed by atoms with E-state index in [-0.39, 0.29) is 0 Å². The molecule has 15 heavy (non-hydrogen) atoms. The Labute approximate surface area is 93.6 Å². The van der Waals surface area contributed by atoms with E-state index in [0.29, 0.717) is 29.3 Å². The molecule has 5 heteroatoms. The lowest BCUT2D eigenvalue weighted by molar-refractivity contribution is 0.216. The van der Waals surface area contributed by atoms with Crippen molar-refractivity contribution >= 4 is 11.6 Å². The first-order chi connectivity index (χ1) is 7.29. The summed E-state index contributed by atoms with van der Waals surface area (Å²) in [5.41, 5.74) is 0. The number of pyridine rings is 1. The predicted molar refractivity (Wildman–Crippen MR) is 57.7 cm³/mol. The molecule has 0 radical (unpaired) electrons. The molecule has 0 aliphatic carbocycles. The Morgan fingerprint density at radius 2 is 2.47 bits per heavy atom. The normalized spacial score (nSPS) is 19.5. The van der Waals surface area contributed by atoms with Gasteiger partial charge in [-0.2, -0.15) is 0 Å². The van der Waals surface area contributed by atoms with Crippen LogP contribution < -0.4 is 14.8 Å². The number of nitrogens with zero attached hydrogens (tertiary/aromatic N) is 1. The highest BCUT2D eigenvalue weighted by Gasteiger charge is 2.16. The number of ether oxygens (including phenoxy) is 2. The highest BCUT2D eigenvalue weighted by atomic mass is 35.5. The summed E-state index contributed by atoms with van der Waals surface area (Å²) in [7, 11) is 1.56. The zero-order valence-electron chi connectivity index (χ0n) is 8.50. The third kappa shape index (κ3) is 2.52. The van der Waals surface area contributed by atoms with Crippen LogP contribution in [0, 0.1) is 0 Å². The molecule has 0 amide bonds. The second-order valence-electron chi connectivity index (χ2n) is 3.41. The Kier molecular flexibility index (Phi) is 3.28. The van der Waals surface area contributed by atoms with Crippen LogP contribution in [0.15, 0.2) is 12.3 Å². The van der Waals surface area contributed by atoms with Crippen molar-refractivity contribution in [2.45, 2.75) is 12.5 Å². The van der Waals surface area contributed by atoms with Crippen LogP contribution in [0.3, 0.4) is 0 Å². The molecule has 1 atom stereocenters. The number of rotatable bonds is 4. The van der Waals surface area contributed by atoms with Gasteiger partial charge in [-0.15, -0.1) is 0 Å². The number of aromatic nitrogens is 1. The molecule has 1 aliphatic heterocycles. The SMILES string of the molecule is COc1cc(OC[C@@H]2CCN2)cnc1Cl. The first-order valence-electron chi connectivity index (χ1n) is 4.85. The maximum atomic E-state index is 5.79. The molecule has 1 N–H and O–H groups in total. The molecular weight excluding hydrogens is 216 g/mol. The van der Waals surface area contributed by atoms with E-state index in [1.807, 2.05) is 0 Å². The molecule has 82 valence electrons. The standard InChI is InChI=1S/C10H13ClN2O2/c1-14-9-4-8(5-13-10(9)11)15-6-7-2-3-12-7/h4-5,7,12H,2-3,6H2,1H3/t7-/m0/s1. The summed E-state index contributed by atoms with van der Waals surface area (Å²) in [6, 6.07) is 2.21. The van der Waals surface area contributed by atoms with Crippen LogP contribution in [0.2, 0.25) is 5.15 Å².